The highest BCUT2D eigenvalue weighted by molar-refractivity contribution is 5.92. The standard InChI is InChI=1S/C9H9NO4.C7H7NO3/c11-4-3-10-6-1-2-8(12)7(5-6)9(13)14;8-4-1-2-6(9)5(3-4)7(10)11/h1-2,4-5,10,12H,3H2,(H,13,14);1-3,9H,8H2,(H,10,11)/p+1. The van der Waals surface area contributed by atoms with Crippen molar-refractivity contribution < 1.29 is 36.2 Å². The molecule has 2 aromatic carbocycles. The molecule has 0 unspecified atom stereocenters. The molecule has 0 saturated heterocycles. The predicted octanol–water partition coefficient (Wildman–Crippen LogP) is 1.49. The third kappa shape index (κ3) is 5.75. The van der Waals surface area contributed by atoms with Gasteiger partial charge in [0.1, 0.15) is 28.9 Å². The summed E-state index contributed by atoms with van der Waals surface area (Å²) < 4.78 is 0. The molecule has 25 heavy (non-hydrogen) atoms. The minimum absolute atomic E-state index is 0. The monoisotopic (exact) mass is 349 g/mol. The Bertz CT molecular complexity index is 796. The van der Waals surface area contributed by atoms with Crippen LogP contribution in [0.2, 0.25) is 0 Å². The van der Waals surface area contributed by atoms with E-state index in [2.05, 4.69) is 5.32 Å². The lowest BCUT2D eigenvalue weighted by Gasteiger charge is -2.04. The van der Waals surface area contributed by atoms with Crippen LogP contribution >= 0.6 is 0 Å². The second-order valence-corrected chi connectivity index (χ2v) is 4.67. The fraction of sp³-hybridized carbons (Fsp3) is 0.0625. The second kappa shape index (κ2) is 8.77. The van der Waals surface area contributed by atoms with Crippen molar-refractivity contribution in [1.82, 2.24) is 0 Å². The zero-order chi connectivity index (χ0) is 19.0. The summed E-state index contributed by atoms with van der Waals surface area (Å²) in [4.78, 5) is 31.0. The smallest absolute Gasteiger partial charge is 0.507 e. The molecule has 9 nitrogen and oxygen atoms in total. The lowest BCUT2D eigenvalue weighted by Crippen LogP contribution is -2.04. The Labute approximate surface area is 143 Å². The van der Waals surface area contributed by atoms with Crippen LogP contribution in [0, 0.1) is 0 Å². The number of nitrogens with two attached hydrogens (primary N) is 1. The summed E-state index contributed by atoms with van der Waals surface area (Å²) in [7, 11) is 0. The van der Waals surface area contributed by atoms with Crippen LogP contribution in [0.5, 0.6) is 11.5 Å². The largest absolute Gasteiger partial charge is 1.00 e. The molecule has 0 atom stereocenters. The van der Waals surface area contributed by atoms with E-state index in [9.17, 15) is 14.4 Å². The van der Waals surface area contributed by atoms with E-state index in [1.165, 1.54) is 36.4 Å². The number of carbonyl (C=O) groups excluding carboxylic acids is 1. The number of hydrogen-bond acceptors (Lipinski definition) is 7. The molecule has 0 amide bonds. The minimum Gasteiger partial charge on any atom is -0.507 e. The number of hydrogen-bond donors (Lipinski definition) is 6. The molecule has 9 heteroatoms. The zero-order valence-corrected chi connectivity index (χ0v) is 12.8. The van der Waals surface area contributed by atoms with Gasteiger partial charge in [-0.2, -0.15) is 0 Å². The lowest BCUT2D eigenvalue weighted by atomic mass is 10.2. The van der Waals surface area contributed by atoms with Gasteiger partial charge in [0.2, 0.25) is 0 Å². The highest BCUT2D eigenvalue weighted by atomic mass is 16.4. The Balaban J connectivity index is 0.000000475. The molecule has 0 aliphatic rings. The van der Waals surface area contributed by atoms with Crippen LogP contribution in [0.25, 0.3) is 0 Å². The number of aldehydes is 1. The van der Waals surface area contributed by atoms with Crippen molar-refractivity contribution in [3.63, 3.8) is 0 Å². The van der Waals surface area contributed by atoms with Crippen LogP contribution in [0.4, 0.5) is 11.4 Å². The molecule has 0 aliphatic carbocycles. The van der Waals surface area contributed by atoms with E-state index in [0.29, 0.717) is 17.7 Å². The van der Waals surface area contributed by atoms with Crippen LogP contribution in [0.3, 0.4) is 0 Å². The number of nitrogen functional groups attached to an aromatic ring is 1. The fourth-order valence-electron chi connectivity index (χ4n) is 1.70. The third-order valence-electron chi connectivity index (χ3n) is 2.87. The number of carboxylic acid groups (broad SMARTS) is 2. The van der Waals surface area contributed by atoms with Gasteiger partial charge in [-0.15, -0.1) is 0 Å². The van der Waals surface area contributed by atoms with Crippen molar-refractivity contribution in [2.24, 2.45) is 0 Å². The molecular formula is C16H17N2O7+. The van der Waals surface area contributed by atoms with E-state index in [4.69, 9.17) is 26.2 Å². The maximum Gasteiger partial charge on any atom is 1.00 e. The van der Waals surface area contributed by atoms with Crippen molar-refractivity contribution in [1.29, 1.82) is 0 Å². The van der Waals surface area contributed by atoms with Crippen LogP contribution in [-0.4, -0.2) is 45.2 Å². The van der Waals surface area contributed by atoms with Crippen LogP contribution in [0.15, 0.2) is 36.4 Å². The number of aromatic carboxylic acids is 2. The van der Waals surface area contributed by atoms with Crippen molar-refractivity contribution in [2.75, 3.05) is 17.6 Å². The minimum atomic E-state index is -1.21. The number of carboxylic acids is 2. The van der Waals surface area contributed by atoms with Gasteiger partial charge < -0.3 is 36.3 Å². The maximum absolute atomic E-state index is 10.6. The molecule has 7 N–H and O–H groups in total. The maximum atomic E-state index is 10.6. The Hall–Kier alpha value is -3.75. The normalized spacial score (nSPS) is 9.44. The van der Waals surface area contributed by atoms with Gasteiger partial charge in [0.25, 0.3) is 0 Å². The van der Waals surface area contributed by atoms with Gasteiger partial charge in [-0.1, -0.05) is 0 Å². The number of phenols is 2. The van der Waals surface area contributed by atoms with Gasteiger partial charge in [0, 0.05) is 11.4 Å². The van der Waals surface area contributed by atoms with Crippen molar-refractivity contribution in [3.8, 4) is 11.5 Å². The van der Waals surface area contributed by atoms with Gasteiger partial charge in [0.15, 0.2) is 0 Å². The fourth-order valence-corrected chi connectivity index (χ4v) is 1.70. The average Bonchev–Trinajstić information content (AvgIpc) is 2.56. The van der Waals surface area contributed by atoms with Crippen LogP contribution < -0.4 is 11.1 Å². The van der Waals surface area contributed by atoms with Gasteiger partial charge in [0.05, 0.1) is 6.54 Å². The lowest BCUT2D eigenvalue weighted by molar-refractivity contribution is -0.106. The first kappa shape index (κ1) is 19.3. The van der Waals surface area contributed by atoms with Gasteiger partial charge in [-0.05, 0) is 36.4 Å². The number of benzene rings is 2. The van der Waals surface area contributed by atoms with E-state index < -0.39 is 11.9 Å². The van der Waals surface area contributed by atoms with Crippen LogP contribution in [0.1, 0.15) is 22.1 Å². The summed E-state index contributed by atoms with van der Waals surface area (Å²) in [5.74, 6) is -2.96. The number of anilines is 2. The summed E-state index contributed by atoms with van der Waals surface area (Å²) in [6.45, 7) is 0.101. The Kier molecular flexibility index (Phi) is 6.77. The molecule has 2 aromatic rings. The number of aromatic hydroxyl groups is 2. The summed E-state index contributed by atoms with van der Waals surface area (Å²) >= 11 is 0. The third-order valence-corrected chi connectivity index (χ3v) is 2.87. The number of nitrogens with one attached hydrogen (secondary N) is 1. The van der Waals surface area contributed by atoms with Crippen molar-refractivity contribution in [2.45, 2.75) is 0 Å². The first-order valence-corrected chi connectivity index (χ1v) is 6.81. The highest BCUT2D eigenvalue weighted by Crippen LogP contribution is 2.21. The highest BCUT2D eigenvalue weighted by Gasteiger charge is 2.09. The van der Waals surface area contributed by atoms with E-state index >= 15 is 0 Å². The van der Waals surface area contributed by atoms with Gasteiger partial charge in [-0.3, -0.25) is 0 Å². The summed E-state index contributed by atoms with van der Waals surface area (Å²) in [6, 6.07) is 7.90. The van der Waals surface area contributed by atoms with Crippen LogP contribution in [-0.2, 0) is 4.79 Å². The number of rotatable bonds is 5. The quantitative estimate of drug-likeness (QED) is 0.266. The Morgan fingerprint density at radius 3 is 2.00 bits per heavy atom. The van der Waals surface area contributed by atoms with Crippen molar-refractivity contribution in [3.05, 3.63) is 47.5 Å². The molecule has 0 fully saturated rings. The molecule has 2 rings (SSSR count). The first-order valence-electron chi connectivity index (χ1n) is 6.81. The Morgan fingerprint density at radius 1 is 1.00 bits per heavy atom. The SMILES string of the molecule is Nc1ccc(O)c(C(=O)O)c1.O=CCNc1ccc(O)c(C(=O)O)c1.[H+]. The van der Waals surface area contributed by atoms with E-state index in [-0.39, 0.29) is 30.6 Å². The number of carbonyl (C=O) groups is 3. The molecule has 0 bridgehead atoms. The molecular weight excluding hydrogens is 332 g/mol. The van der Waals surface area contributed by atoms with Gasteiger partial charge in [-0.25, -0.2) is 9.59 Å². The zero-order valence-electron chi connectivity index (χ0n) is 13.8. The summed E-state index contributed by atoms with van der Waals surface area (Å²) in [5.41, 5.74) is 5.72. The molecule has 0 saturated carbocycles. The average molecular weight is 349 g/mol. The molecule has 0 aromatic heterocycles. The van der Waals surface area contributed by atoms with Crippen molar-refractivity contribution >= 4 is 29.6 Å². The Morgan fingerprint density at radius 2 is 1.52 bits per heavy atom. The molecule has 0 spiro atoms. The first-order chi connectivity index (χ1) is 11.8. The van der Waals surface area contributed by atoms with E-state index in [0.717, 1.165) is 0 Å². The summed E-state index contributed by atoms with van der Waals surface area (Å²) in [5, 5.41) is 37.9. The molecule has 0 aliphatic heterocycles. The predicted molar refractivity (Wildman–Crippen MR) is 90.2 cm³/mol. The van der Waals surface area contributed by atoms with Gasteiger partial charge >= 0.3 is 13.4 Å². The van der Waals surface area contributed by atoms with E-state index in [1.54, 1.807) is 0 Å². The molecule has 132 valence electrons. The topological polar surface area (TPSA) is 170 Å². The molecule has 0 heterocycles. The molecule has 0 radical (unpaired) electrons. The summed E-state index contributed by atoms with van der Waals surface area (Å²) in [6.07, 6.45) is 0.660. The van der Waals surface area contributed by atoms with E-state index in [1.807, 2.05) is 0 Å². The second-order valence-electron chi connectivity index (χ2n) is 4.67.